The van der Waals surface area contributed by atoms with Gasteiger partial charge in [0.2, 0.25) is 5.91 Å². The van der Waals surface area contributed by atoms with Crippen LogP contribution in [0.25, 0.3) is 5.52 Å². The van der Waals surface area contributed by atoms with Crippen LogP contribution in [0, 0.1) is 0 Å². The van der Waals surface area contributed by atoms with Gasteiger partial charge in [-0.25, -0.2) is 4.98 Å². The minimum atomic E-state index is -0.0897. The van der Waals surface area contributed by atoms with Crippen LogP contribution < -0.4 is 0 Å². The Kier molecular flexibility index (Phi) is 5.34. The van der Waals surface area contributed by atoms with E-state index in [4.69, 9.17) is 4.98 Å². The number of amides is 2. The first-order chi connectivity index (χ1) is 14.1. The molecule has 29 heavy (non-hydrogen) atoms. The van der Waals surface area contributed by atoms with Crippen LogP contribution in [-0.2, 0) is 11.3 Å². The van der Waals surface area contributed by atoms with Crippen molar-refractivity contribution in [2.24, 2.45) is 0 Å². The number of nitrogens with zero attached hydrogens (tertiary/aromatic N) is 4. The average molecular weight is 390 g/mol. The van der Waals surface area contributed by atoms with Gasteiger partial charge < -0.3 is 14.2 Å². The fourth-order valence-corrected chi connectivity index (χ4v) is 4.15. The maximum Gasteiger partial charge on any atom is 0.275 e. The first-order valence-electron chi connectivity index (χ1n) is 10.2. The van der Waals surface area contributed by atoms with Crippen molar-refractivity contribution in [2.75, 3.05) is 13.1 Å². The molecule has 0 saturated carbocycles. The van der Waals surface area contributed by atoms with E-state index in [9.17, 15) is 9.59 Å². The smallest absolute Gasteiger partial charge is 0.275 e. The van der Waals surface area contributed by atoms with Gasteiger partial charge in [-0.1, -0.05) is 36.4 Å². The third-order valence-corrected chi connectivity index (χ3v) is 5.62. The zero-order valence-electron chi connectivity index (χ0n) is 16.9. The van der Waals surface area contributed by atoms with Gasteiger partial charge in [0.15, 0.2) is 5.69 Å². The molecular weight excluding hydrogens is 364 g/mol. The van der Waals surface area contributed by atoms with Gasteiger partial charge >= 0.3 is 0 Å². The number of hydrogen-bond acceptors (Lipinski definition) is 3. The standard InChI is InChI=1S/C23H26N4O2/c1-3-25(16-18-10-5-4-6-11-18)23(29)21-19-12-7-8-14-27(19)22(24-21)20-13-9-15-26(20)17(2)28/h4-8,10-12,14,20H,3,9,13,15-16H2,1-2H3. The number of pyridine rings is 1. The molecule has 1 aliphatic heterocycles. The van der Waals surface area contributed by atoms with E-state index < -0.39 is 0 Å². The zero-order valence-corrected chi connectivity index (χ0v) is 16.9. The summed E-state index contributed by atoms with van der Waals surface area (Å²) in [6.45, 7) is 5.45. The number of carbonyl (C=O) groups excluding carboxylic acids is 2. The van der Waals surface area contributed by atoms with E-state index >= 15 is 0 Å². The molecule has 1 fully saturated rings. The van der Waals surface area contributed by atoms with Crippen molar-refractivity contribution in [3.63, 3.8) is 0 Å². The maximum absolute atomic E-state index is 13.4. The van der Waals surface area contributed by atoms with E-state index in [1.807, 2.05) is 75.9 Å². The highest BCUT2D eigenvalue weighted by Gasteiger charge is 2.33. The normalized spacial score (nSPS) is 16.3. The fraction of sp³-hybridized carbons (Fsp3) is 0.348. The maximum atomic E-state index is 13.4. The molecule has 2 aromatic heterocycles. The second kappa shape index (κ2) is 8.07. The second-order valence-electron chi connectivity index (χ2n) is 7.45. The van der Waals surface area contributed by atoms with Crippen LogP contribution in [-0.4, -0.2) is 44.1 Å². The Hall–Kier alpha value is -3.15. The minimum absolute atomic E-state index is 0.0484. The predicted molar refractivity (Wildman–Crippen MR) is 111 cm³/mol. The summed E-state index contributed by atoms with van der Waals surface area (Å²) < 4.78 is 1.97. The molecule has 3 aromatic rings. The van der Waals surface area contributed by atoms with Gasteiger partial charge in [-0.3, -0.25) is 9.59 Å². The summed E-state index contributed by atoms with van der Waals surface area (Å²) in [7, 11) is 0. The minimum Gasteiger partial charge on any atom is -0.333 e. The van der Waals surface area contributed by atoms with Crippen molar-refractivity contribution in [3.05, 3.63) is 71.8 Å². The Bertz CT molecular complexity index is 1030. The zero-order chi connectivity index (χ0) is 20.4. The Balaban J connectivity index is 1.72. The Morgan fingerprint density at radius 1 is 1.14 bits per heavy atom. The van der Waals surface area contributed by atoms with Gasteiger partial charge in [0, 0.05) is 32.8 Å². The highest BCUT2D eigenvalue weighted by molar-refractivity contribution is 5.99. The van der Waals surface area contributed by atoms with Gasteiger partial charge in [0.05, 0.1) is 11.6 Å². The van der Waals surface area contributed by atoms with Crippen molar-refractivity contribution >= 4 is 17.3 Å². The number of imidazole rings is 1. The highest BCUT2D eigenvalue weighted by atomic mass is 16.2. The first kappa shape index (κ1) is 19.2. The summed E-state index contributed by atoms with van der Waals surface area (Å²) in [6.07, 6.45) is 3.74. The quantitative estimate of drug-likeness (QED) is 0.668. The van der Waals surface area contributed by atoms with Crippen LogP contribution in [0.15, 0.2) is 54.7 Å². The SMILES string of the molecule is CCN(Cc1ccccc1)C(=O)c1nc(C2CCCN2C(C)=O)n2ccccc12. The Labute approximate surface area is 170 Å². The molecule has 1 saturated heterocycles. The third-order valence-electron chi connectivity index (χ3n) is 5.62. The number of hydrogen-bond donors (Lipinski definition) is 0. The molecule has 1 aliphatic rings. The van der Waals surface area contributed by atoms with Crippen molar-refractivity contribution in [3.8, 4) is 0 Å². The van der Waals surface area contributed by atoms with Crippen LogP contribution in [0.1, 0.15) is 54.6 Å². The highest BCUT2D eigenvalue weighted by Crippen LogP contribution is 2.32. The lowest BCUT2D eigenvalue weighted by Crippen LogP contribution is -2.31. The van der Waals surface area contributed by atoms with Crippen LogP contribution in [0.4, 0.5) is 0 Å². The molecule has 1 aromatic carbocycles. The number of fused-ring (bicyclic) bond motifs is 1. The fourth-order valence-electron chi connectivity index (χ4n) is 4.15. The van der Waals surface area contributed by atoms with Gasteiger partial charge in [-0.2, -0.15) is 0 Å². The van der Waals surface area contributed by atoms with E-state index in [1.165, 1.54) is 0 Å². The summed E-state index contributed by atoms with van der Waals surface area (Å²) in [5.74, 6) is 0.735. The molecule has 0 aliphatic carbocycles. The van der Waals surface area contributed by atoms with Gasteiger partial charge in [0.25, 0.3) is 5.91 Å². The molecule has 1 atom stereocenters. The molecular formula is C23H26N4O2. The van der Waals surface area contributed by atoms with Crippen molar-refractivity contribution in [2.45, 2.75) is 39.3 Å². The average Bonchev–Trinajstić information content (AvgIpc) is 3.37. The summed E-state index contributed by atoms with van der Waals surface area (Å²) in [6, 6.07) is 15.7. The lowest BCUT2D eigenvalue weighted by atomic mass is 10.2. The lowest BCUT2D eigenvalue weighted by molar-refractivity contribution is -0.129. The van der Waals surface area contributed by atoms with E-state index in [2.05, 4.69) is 0 Å². The van der Waals surface area contributed by atoms with Crippen LogP contribution in [0.5, 0.6) is 0 Å². The van der Waals surface area contributed by atoms with Crippen molar-refractivity contribution in [1.29, 1.82) is 0 Å². The predicted octanol–water partition coefficient (Wildman–Crippen LogP) is 3.68. The number of likely N-dealkylation sites (tertiary alicyclic amines) is 1. The molecule has 6 heteroatoms. The molecule has 0 bridgehead atoms. The molecule has 3 heterocycles. The summed E-state index contributed by atoms with van der Waals surface area (Å²) in [5.41, 5.74) is 2.33. The number of benzene rings is 1. The molecule has 2 amide bonds. The first-order valence-corrected chi connectivity index (χ1v) is 10.2. The lowest BCUT2D eigenvalue weighted by Gasteiger charge is -2.22. The molecule has 0 radical (unpaired) electrons. The summed E-state index contributed by atoms with van der Waals surface area (Å²) in [5, 5.41) is 0. The van der Waals surface area contributed by atoms with Crippen LogP contribution in [0.2, 0.25) is 0 Å². The van der Waals surface area contributed by atoms with E-state index in [0.717, 1.165) is 36.3 Å². The van der Waals surface area contributed by atoms with Gasteiger partial charge in [0.1, 0.15) is 5.82 Å². The molecule has 0 N–H and O–H groups in total. The molecule has 6 nitrogen and oxygen atoms in total. The van der Waals surface area contributed by atoms with Gasteiger partial charge in [-0.15, -0.1) is 0 Å². The molecule has 150 valence electrons. The Morgan fingerprint density at radius 2 is 1.90 bits per heavy atom. The number of carbonyl (C=O) groups is 2. The second-order valence-corrected chi connectivity index (χ2v) is 7.45. The van der Waals surface area contributed by atoms with Gasteiger partial charge in [-0.05, 0) is 37.5 Å². The van der Waals surface area contributed by atoms with E-state index in [1.54, 1.807) is 6.92 Å². The summed E-state index contributed by atoms with van der Waals surface area (Å²) >= 11 is 0. The van der Waals surface area contributed by atoms with Crippen molar-refractivity contribution in [1.82, 2.24) is 19.2 Å². The van der Waals surface area contributed by atoms with Crippen LogP contribution >= 0.6 is 0 Å². The van der Waals surface area contributed by atoms with E-state index in [0.29, 0.717) is 18.8 Å². The monoisotopic (exact) mass is 390 g/mol. The van der Waals surface area contributed by atoms with E-state index in [-0.39, 0.29) is 17.9 Å². The largest absolute Gasteiger partial charge is 0.333 e. The molecule has 0 spiro atoms. The molecule has 4 rings (SSSR count). The Morgan fingerprint density at radius 3 is 2.62 bits per heavy atom. The number of rotatable bonds is 5. The van der Waals surface area contributed by atoms with Crippen molar-refractivity contribution < 1.29 is 9.59 Å². The third kappa shape index (κ3) is 3.62. The number of aromatic nitrogens is 2. The summed E-state index contributed by atoms with van der Waals surface area (Å²) in [4.78, 5) is 33.9. The molecule has 1 unspecified atom stereocenters. The van der Waals surface area contributed by atoms with Crippen LogP contribution in [0.3, 0.4) is 0 Å². The topological polar surface area (TPSA) is 57.9 Å².